The number of aromatic nitrogens is 2. The van der Waals surface area contributed by atoms with Gasteiger partial charge in [-0.1, -0.05) is 34.1 Å². The highest BCUT2D eigenvalue weighted by Gasteiger charge is 2.08. The van der Waals surface area contributed by atoms with Crippen molar-refractivity contribution in [3.8, 4) is 0 Å². The summed E-state index contributed by atoms with van der Waals surface area (Å²) in [5, 5.41) is 5.12. The van der Waals surface area contributed by atoms with E-state index in [0.717, 1.165) is 32.0 Å². The van der Waals surface area contributed by atoms with Gasteiger partial charge >= 0.3 is 0 Å². The molecule has 0 radical (unpaired) electrons. The van der Waals surface area contributed by atoms with Gasteiger partial charge in [0.25, 0.3) is 5.91 Å². The molecule has 4 nitrogen and oxygen atoms in total. The number of H-pyrrole nitrogens is 1. The zero-order valence-corrected chi connectivity index (χ0v) is 13.6. The molecule has 0 spiro atoms. The number of aromatic amines is 1. The highest BCUT2D eigenvalue weighted by Crippen LogP contribution is 2.26. The Morgan fingerprint density at radius 1 is 1.09 bits per heavy atom. The lowest BCUT2D eigenvalue weighted by molar-refractivity contribution is 0.102. The Balaban J connectivity index is 1.65. The number of nitrogens with one attached hydrogen (secondary N) is 2. The van der Waals surface area contributed by atoms with E-state index in [1.165, 1.54) is 0 Å². The molecule has 1 aromatic heterocycles. The molecule has 0 atom stereocenters. The fraction of sp³-hybridized carbons (Fsp3) is 0. The lowest BCUT2D eigenvalue weighted by Gasteiger charge is -2.07. The minimum absolute atomic E-state index is 0.143. The van der Waals surface area contributed by atoms with E-state index in [9.17, 15) is 4.79 Å². The SMILES string of the molecule is O=C(Nc1ccc2c(Br)cccc2c1)c1ccc2nc[nH]c2c1. The minimum Gasteiger partial charge on any atom is -0.345 e. The van der Waals surface area contributed by atoms with Crippen LogP contribution in [0.2, 0.25) is 0 Å². The minimum atomic E-state index is -0.143. The van der Waals surface area contributed by atoms with Crippen molar-refractivity contribution in [3.05, 3.63) is 71.0 Å². The second-order valence-corrected chi connectivity index (χ2v) is 6.12. The van der Waals surface area contributed by atoms with E-state index in [2.05, 4.69) is 31.2 Å². The largest absolute Gasteiger partial charge is 0.345 e. The first-order valence-corrected chi connectivity index (χ1v) is 7.93. The average molecular weight is 366 g/mol. The Kier molecular flexibility index (Phi) is 3.35. The van der Waals surface area contributed by atoms with Crippen molar-refractivity contribution < 1.29 is 4.79 Å². The predicted octanol–water partition coefficient (Wildman–Crippen LogP) is 4.73. The van der Waals surface area contributed by atoms with Gasteiger partial charge < -0.3 is 10.3 Å². The van der Waals surface area contributed by atoms with Gasteiger partial charge in [-0.15, -0.1) is 0 Å². The van der Waals surface area contributed by atoms with Crippen LogP contribution in [-0.2, 0) is 0 Å². The van der Waals surface area contributed by atoms with Crippen LogP contribution in [-0.4, -0.2) is 15.9 Å². The maximum absolute atomic E-state index is 12.4. The van der Waals surface area contributed by atoms with Crippen molar-refractivity contribution in [1.29, 1.82) is 0 Å². The predicted molar refractivity (Wildman–Crippen MR) is 95.7 cm³/mol. The van der Waals surface area contributed by atoms with Crippen molar-refractivity contribution >= 4 is 49.3 Å². The summed E-state index contributed by atoms with van der Waals surface area (Å²) in [4.78, 5) is 19.6. The molecule has 0 saturated heterocycles. The fourth-order valence-corrected chi connectivity index (χ4v) is 3.12. The third kappa shape index (κ3) is 2.59. The number of hydrogen-bond acceptors (Lipinski definition) is 2. The van der Waals surface area contributed by atoms with Crippen LogP contribution in [0, 0.1) is 0 Å². The van der Waals surface area contributed by atoms with E-state index in [0.29, 0.717) is 5.56 Å². The number of imidazole rings is 1. The van der Waals surface area contributed by atoms with Gasteiger partial charge in [0.2, 0.25) is 0 Å². The van der Waals surface area contributed by atoms with Crippen LogP contribution in [0.5, 0.6) is 0 Å². The van der Waals surface area contributed by atoms with E-state index < -0.39 is 0 Å². The molecule has 0 bridgehead atoms. The molecule has 2 N–H and O–H groups in total. The third-order valence-electron chi connectivity index (χ3n) is 3.77. The number of hydrogen-bond donors (Lipinski definition) is 2. The maximum atomic E-state index is 12.4. The summed E-state index contributed by atoms with van der Waals surface area (Å²) < 4.78 is 1.04. The van der Waals surface area contributed by atoms with Crippen LogP contribution in [0.15, 0.2) is 65.4 Å². The number of halogens is 1. The standard InChI is InChI=1S/C18H12BrN3O/c19-15-3-1-2-11-8-13(5-6-14(11)15)22-18(23)12-4-7-16-17(9-12)21-10-20-16/h1-10H,(H,20,21)(H,22,23). The van der Waals surface area contributed by atoms with Crippen LogP contribution in [0.1, 0.15) is 10.4 Å². The number of anilines is 1. The first-order valence-electron chi connectivity index (χ1n) is 7.13. The number of fused-ring (bicyclic) bond motifs is 2. The Hall–Kier alpha value is -2.66. The smallest absolute Gasteiger partial charge is 0.255 e. The van der Waals surface area contributed by atoms with Gasteiger partial charge in [-0.3, -0.25) is 4.79 Å². The first-order chi connectivity index (χ1) is 11.2. The lowest BCUT2D eigenvalue weighted by Crippen LogP contribution is -2.11. The van der Waals surface area contributed by atoms with Crippen LogP contribution in [0.25, 0.3) is 21.8 Å². The molecule has 5 heteroatoms. The van der Waals surface area contributed by atoms with E-state index >= 15 is 0 Å². The molecule has 0 saturated carbocycles. The topological polar surface area (TPSA) is 57.8 Å². The highest BCUT2D eigenvalue weighted by molar-refractivity contribution is 9.10. The van der Waals surface area contributed by atoms with E-state index in [-0.39, 0.29) is 5.91 Å². The number of carbonyl (C=O) groups excluding carboxylic acids is 1. The second kappa shape index (κ2) is 5.52. The molecule has 1 heterocycles. The summed E-state index contributed by atoms with van der Waals surface area (Å²) in [6, 6.07) is 17.3. The molecule has 1 amide bonds. The molecule has 0 aliphatic heterocycles. The molecular formula is C18H12BrN3O. The van der Waals surface area contributed by atoms with Crippen molar-refractivity contribution in [2.45, 2.75) is 0 Å². The van der Waals surface area contributed by atoms with Crippen LogP contribution in [0.3, 0.4) is 0 Å². The van der Waals surface area contributed by atoms with Gasteiger partial charge in [0, 0.05) is 15.7 Å². The van der Waals surface area contributed by atoms with Crippen LogP contribution >= 0.6 is 15.9 Å². The molecule has 0 aliphatic carbocycles. The summed E-state index contributed by atoms with van der Waals surface area (Å²) in [5.41, 5.74) is 3.05. The molecular weight excluding hydrogens is 354 g/mol. The fourth-order valence-electron chi connectivity index (χ4n) is 2.60. The molecule has 3 aromatic carbocycles. The Morgan fingerprint density at radius 3 is 2.91 bits per heavy atom. The summed E-state index contributed by atoms with van der Waals surface area (Å²) in [6.45, 7) is 0. The summed E-state index contributed by atoms with van der Waals surface area (Å²) in [6.07, 6.45) is 1.62. The van der Waals surface area contributed by atoms with Gasteiger partial charge in [-0.25, -0.2) is 4.98 Å². The Morgan fingerprint density at radius 2 is 2.00 bits per heavy atom. The monoisotopic (exact) mass is 365 g/mol. The van der Waals surface area contributed by atoms with Gasteiger partial charge in [0.15, 0.2) is 0 Å². The molecule has 0 fully saturated rings. The average Bonchev–Trinajstić information content (AvgIpc) is 3.02. The van der Waals surface area contributed by atoms with Gasteiger partial charge in [-0.2, -0.15) is 0 Å². The van der Waals surface area contributed by atoms with Crippen molar-refractivity contribution in [2.24, 2.45) is 0 Å². The summed E-state index contributed by atoms with van der Waals surface area (Å²) >= 11 is 3.53. The second-order valence-electron chi connectivity index (χ2n) is 5.26. The number of benzene rings is 3. The Bertz CT molecular complexity index is 1040. The number of carbonyl (C=O) groups is 1. The van der Waals surface area contributed by atoms with Gasteiger partial charge in [0.1, 0.15) is 0 Å². The van der Waals surface area contributed by atoms with Crippen molar-refractivity contribution in [2.75, 3.05) is 5.32 Å². The van der Waals surface area contributed by atoms with Crippen LogP contribution in [0.4, 0.5) is 5.69 Å². The summed E-state index contributed by atoms with van der Waals surface area (Å²) in [5.74, 6) is -0.143. The van der Waals surface area contributed by atoms with E-state index in [1.54, 1.807) is 18.5 Å². The van der Waals surface area contributed by atoms with Crippen LogP contribution < -0.4 is 5.32 Å². The molecule has 112 valence electrons. The maximum Gasteiger partial charge on any atom is 0.255 e. The normalized spacial score (nSPS) is 11.0. The highest BCUT2D eigenvalue weighted by atomic mass is 79.9. The van der Waals surface area contributed by atoms with Crippen molar-refractivity contribution in [3.63, 3.8) is 0 Å². The van der Waals surface area contributed by atoms with E-state index in [4.69, 9.17) is 0 Å². The van der Waals surface area contributed by atoms with E-state index in [1.807, 2.05) is 42.5 Å². The zero-order chi connectivity index (χ0) is 15.8. The molecule has 0 unspecified atom stereocenters. The number of nitrogens with zero attached hydrogens (tertiary/aromatic N) is 1. The summed E-state index contributed by atoms with van der Waals surface area (Å²) in [7, 11) is 0. The molecule has 4 rings (SSSR count). The van der Waals surface area contributed by atoms with Gasteiger partial charge in [-0.05, 0) is 47.2 Å². The van der Waals surface area contributed by atoms with Gasteiger partial charge in [0.05, 0.1) is 17.4 Å². The zero-order valence-electron chi connectivity index (χ0n) is 12.0. The number of amides is 1. The first kappa shape index (κ1) is 14.0. The lowest BCUT2D eigenvalue weighted by atomic mass is 10.1. The molecule has 0 aliphatic rings. The third-order valence-corrected chi connectivity index (χ3v) is 4.46. The number of rotatable bonds is 2. The van der Waals surface area contributed by atoms with Crippen molar-refractivity contribution in [1.82, 2.24) is 9.97 Å². The quantitative estimate of drug-likeness (QED) is 0.539. The molecule has 4 aromatic rings. The molecule has 23 heavy (non-hydrogen) atoms. The Labute approximate surface area is 140 Å².